The van der Waals surface area contributed by atoms with Gasteiger partial charge in [-0.1, -0.05) is 0 Å². The lowest BCUT2D eigenvalue weighted by molar-refractivity contribution is 0.396. The molecule has 2 aromatic heterocycles. The van der Waals surface area contributed by atoms with E-state index in [9.17, 15) is 8.42 Å². The number of rotatable bonds is 3. The molecule has 0 aromatic carbocycles. The molecular weight excluding hydrogens is 312 g/mol. The van der Waals surface area contributed by atoms with Gasteiger partial charge < -0.3 is 10.1 Å². The second-order valence-electron chi connectivity index (χ2n) is 4.58. The molecule has 7 nitrogen and oxygen atoms in total. The predicted octanol–water partition coefficient (Wildman–Crippen LogP) is 1.33. The third-order valence-corrected chi connectivity index (χ3v) is 6.32. The van der Waals surface area contributed by atoms with Crippen molar-refractivity contribution in [2.75, 3.05) is 26.0 Å². The smallest absolute Gasteiger partial charge is 0.244 e. The Bertz CT molecular complexity index is 759. The maximum atomic E-state index is 12.2. The van der Waals surface area contributed by atoms with E-state index in [4.69, 9.17) is 4.74 Å². The number of aromatic nitrogens is 2. The van der Waals surface area contributed by atoms with Crippen LogP contribution in [0.5, 0.6) is 5.88 Å². The van der Waals surface area contributed by atoms with E-state index < -0.39 is 10.0 Å². The van der Waals surface area contributed by atoms with E-state index in [-0.39, 0.29) is 6.04 Å². The van der Waals surface area contributed by atoms with E-state index in [0.29, 0.717) is 23.1 Å². The molecule has 0 radical (unpaired) electrons. The van der Waals surface area contributed by atoms with Gasteiger partial charge in [0.15, 0.2) is 0 Å². The zero-order valence-electron chi connectivity index (χ0n) is 11.5. The summed E-state index contributed by atoms with van der Waals surface area (Å²) < 4.78 is 30.8. The summed E-state index contributed by atoms with van der Waals surface area (Å²) in [5.74, 6) is 1.05. The van der Waals surface area contributed by atoms with Crippen LogP contribution in [0.1, 0.15) is 10.9 Å². The number of hydrogen-bond donors (Lipinski definition) is 1. The summed E-state index contributed by atoms with van der Waals surface area (Å²) in [7, 11) is -0.262. The molecule has 0 amide bonds. The highest BCUT2D eigenvalue weighted by molar-refractivity contribution is 7.89. The van der Waals surface area contributed by atoms with E-state index in [2.05, 4.69) is 15.3 Å². The summed E-state index contributed by atoms with van der Waals surface area (Å²) in [6, 6.07) is 3.17. The lowest BCUT2D eigenvalue weighted by Gasteiger charge is -2.30. The molecule has 0 saturated heterocycles. The Morgan fingerprint density at radius 1 is 1.48 bits per heavy atom. The molecule has 1 N–H and O–H groups in total. The van der Waals surface area contributed by atoms with Gasteiger partial charge in [-0.2, -0.15) is 4.31 Å². The normalized spacial score (nSPS) is 20.8. The molecule has 1 aliphatic heterocycles. The van der Waals surface area contributed by atoms with Crippen LogP contribution in [0.2, 0.25) is 0 Å². The van der Waals surface area contributed by atoms with Gasteiger partial charge in [0.2, 0.25) is 15.9 Å². The van der Waals surface area contributed by atoms with Gasteiger partial charge in [0.1, 0.15) is 12.1 Å². The van der Waals surface area contributed by atoms with Gasteiger partial charge in [-0.25, -0.2) is 18.4 Å². The molecule has 3 heterocycles. The van der Waals surface area contributed by atoms with E-state index >= 15 is 0 Å². The van der Waals surface area contributed by atoms with Crippen LogP contribution in [0.3, 0.4) is 0 Å². The molecule has 112 valence electrons. The third kappa shape index (κ3) is 2.47. The van der Waals surface area contributed by atoms with E-state index in [1.54, 1.807) is 24.6 Å². The molecule has 9 heteroatoms. The Hall–Kier alpha value is -1.71. The summed E-state index contributed by atoms with van der Waals surface area (Å²) >= 11 is 1.42. The van der Waals surface area contributed by atoms with Crippen molar-refractivity contribution in [2.24, 2.45) is 0 Å². The highest BCUT2D eigenvalue weighted by atomic mass is 32.2. The maximum Gasteiger partial charge on any atom is 0.244 e. The molecule has 0 fully saturated rings. The van der Waals surface area contributed by atoms with Gasteiger partial charge in [0.05, 0.1) is 18.0 Å². The van der Waals surface area contributed by atoms with Crippen molar-refractivity contribution in [1.29, 1.82) is 0 Å². The zero-order chi connectivity index (χ0) is 15.0. The van der Waals surface area contributed by atoms with Crippen LogP contribution in [0.25, 0.3) is 0 Å². The minimum Gasteiger partial charge on any atom is -0.481 e. The predicted molar refractivity (Wildman–Crippen MR) is 79.1 cm³/mol. The Kier molecular flexibility index (Phi) is 3.56. The summed E-state index contributed by atoms with van der Waals surface area (Å²) in [4.78, 5) is 9.24. The molecule has 3 rings (SSSR count). The van der Waals surface area contributed by atoms with Crippen LogP contribution in [0, 0.1) is 0 Å². The molecule has 1 aliphatic rings. The van der Waals surface area contributed by atoms with Gasteiger partial charge >= 0.3 is 0 Å². The Balaban J connectivity index is 1.94. The van der Waals surface area contributed by atoms with Crippen LogP contribution in [-0.4, -0.2) is 43.4 Å². The highest BCUT2D eigenvalue weighted by Gasteiger charge is 2.35. The van der Waals surface area contributed by atoms with Crippen LogP contribution in [0.15, 0.2) is 28.7 Å². The van der Waals surface area contributed by atoms with Gasteiger partial charge in [-0.15, -0.1) is 11.3 Å². The molecule has 0 bridgehead atoms. The first-order valence-corrected chi connectivity index (χ1v) is 8.50. The quantitative estimate of drug-likeness (QED) is 0.916. The minimum absolute atomic E-state index is 0.145. The molecule has 0 aliphatic carbocycles. The first-order valence-electron chi connectivity index (χ1n) is 6.18. The second kappa shape index (κ2) is 5.24. The second-order valence-corrected chi connectivity index (χ2v) is 7.54. The molecule has 2 aromatic rings. The fourth-order valence-corrected chi connectivity index (χ4v) is 4.90. The largest absolute Gasteiger partial charge is 0.481 e. The highest BCUT2D eigenvalue weighted by Crippen LogP contribution is 2.37. The minimum atomic E-state index is -3.37. The first kappa shape index (κ1) is 14.2. The molecule has 1 atom stereocenters. The number of thiophene rings is 1. The van der Waals surface area contributed by atoms with E-state index in [1.807, 2.05) is 0 Å². The van der Waals surface area contributed by atoms with E-state index in [0.717, 1.165) is 4.88 Å². The summed E-state index contributed by atoms with van der Waals surface area (Å²) in [5, 5.41) is 5.03. The van der Waals surface area contributed by atoms with Crippen molar-refractivity contribution in [1.82, 2.24) is 14.3 Å². The number of fused-ring (bicyclic) bond motifs is 1. The monoisotopic (exact) mass is 326 g/mol. The lowest BCUT2D eigenvalue weighted by Crippen LogP contribution is -2.38. The van der Waals surface area contributed by atoms with Crippen LogP contribution >= 0.6 is 11.3 Å². The lowest BCUT2D eigenvalue weighted by atomic mass is 10.2. The average molecular weight is 326 g/mol. The van der Waals surface area contributed by atoms with E-state index in [1.165, 1.54) is 29.1 Å². The molecule has 21 heavy (non-hydrogen) atoms. The number of ether oxygens (including phenoxy) is 1. The summed E-state index contributed by atoms with van der Waals surface area (Å²) in [5.41, 5.74) is 0. The van der Waals surface area contributed by atoms with Crippen molar-refractivity contribution < 1.29 is 13.2 Å². The number of anilines is 1. The summed E-state index contributed by atoms with van der Waals surface area (Å²) in [6.07, 6.45) is 1.40. The van der Waals surface area contributed by atoms with Crippen molar-refractivity contribution in [3.63, 3.8) is 0 Å². The zero-order valence-corrected chi connectivity index (χ0v) is 13.1. The number of sulfonamides is 1. The molecule has 1 unspecified atom stereocenters. The van der Waals surface area contributed by atoms with Crippen molar-refractivity contribution >= 4 is 27.2 Å². The van der Waals surface area contributed by atoms with Gasteiger partial charge in [0.25, 0.3) is 0 Å². The molecule has 0 spiro atoms. The number of nitrogens with zero attached hydrogens (tertiary/aromatic N) is 3. The third-order valence-electron chi connectivity index (χ3n) is 3.27. The number of likely N-dealkylation sites (N-methyl/N-ethyl adjacent to an activating group) is 1. The first-order chi connectivity index (χ1) is 10.0. The van der Waals surface area contributed by atoms with Gasteiger partial charge in [0, 0.05) is 24.5 Å². The van der Waals surface area contributed by atoms with Crippen molar-refractivity contribution in [3.8, 4) is 5.88 Å². The van der Waals surface area contributed by atoms with Crippen LogP contribution in [-0.2, 0) is 10.0 Å². The topological polar surface area (TPSA) is 84.4 Å². The standard InChI is InChI=1S/C12H14N4O3S2/c1-16-6-8(12-9(3-4-20-12)21(16,17)18)15-10-5-11(19-2)14-7-13-10/h3-5,7-8H,6H2,1-2H3,(H,13,14,15). The maximum absolute atomic E-state index is 12.2. The SMILES string of the molecule is COc1cc(NC2CN(C)S(=O)(=O)c3ccsc32)ncn1. The number of nitrogens with one attached hydrogen (secondary N) is 1. The average Bonchev–Trinajstić information content (AvgIpc) is 2.96. The summed E-state index contributed by atoms with van der Waals surface area (Å²) in [6.45, 7) is 0.349. The number of hydrogen-bond acceptors (Lipinski definition) is 7. The fraction of sp³-hybridized carbons (Fsp3) is 0.333. The molecular formula is C12H14N4O3S2. The fourth-order valence-electron chi connectivity index (χ4n) is 2.20. The Morgan fingerprint density at radius 3 is 3.05 bits per heavy atom. The number of methoxy groups -OCH3 is 1. The Morgan fingerprint density at radius 2 is 2.29 bits per heavy atom. The van der Waals surface area contributed by atoms with Crippen LogP contribution in [0.4, 0.5) is 5.82 Å². The van der Waals surface area contributed by atoms with Crippen molar-refractivity contribution in [2.45, 2.75) is 10.9 Å². The van der Waals surface area contributed by atoms with Crippen LogP contribution < -0.4 is 10.1 Å². The van der Waals surface area contributed by atoms with Gasteiger partial charge in [-0.3, -0.25) is 0 Å². The Labute approximate surface area is 126 Å². The van der Waals surface area contributed by atoms with Crippen molar-refractivity contribution in [3.05, 3.63) is 28.7 Å². The molecule has 0 saturated carbocycles. The van der Waals surface area contributed by atoms with Gasteiger partial charge in [-0.05, 0) is 11.4 Å².